The molecule has 1 aliphatic rings. The molecule has 0 spiro atoms. The molecule has 1 amide bonds. The van der Waals surface area contributed by atoms with Gasteiger partial charge in [0.05, 0.1) is 18.4 Å². The van der Waals surface area contributed by atoms with Gasteiger partial charge in [-0.25, -0.2) is 4.79 Å². The average Bonchev–Trinajstić information content (AvgIpc) is 3.17. The molecule has 3 aromatic rings. The maximum absolute atomic E-state index is 12.3. The number of carbonyl (C=O) groups excluding carboxylic acids is 2. The van der Waals surface area contributed by atoms with Crippen molar-refractivity contribution in [1.29, 1.82) is 0 Å². The number of methoxy groups -OCH3 is 1. The van der Waals surface area contributed by atoms with Gasteiger partial charge in [-0.05, 0) is 30.3 Å². The summed E-state index contributed by atoms with van der Waals surface area (Å²) in [4.78, 5) is 24.0. The SMILES string of the molecule is COC(=O)c1cccc(NC(=O)CSc2nnc(C3COc4ccccc4O3)n2C)c1. The van der Waals surface area contributed by atoms with Gasteiger partial charge in [0.25, 0.3) is 0 Å². The number of carbonyl (C=O) groups is 2. The van der Waals surface area contributed by atoms with Crippen molar-refractivity contribution in [2.45, 2.75) is 11.3 Å². The molecule has 10 heteroatoms. The summed E-state index contributed by atoms with van der Waals surface area (Å²) in [5, 5.41) is 11.7. The van der Waals surface area contributed by atoms with Crippen LogP contribution in [0.5, 0.6) is 11.5 Å². The number of aromatic nitrogens is 3. The highest BCUT2D eigenvalue weighted by Gasteiger charge is 2.27. The summed E-state index contributed by atoms with van der Waals surface area (Å²) in [6.45, 7) is 0.324. The molecule has 1 N–H and O–H groups in total. The number of hydrogen-bond donors (Lipinski definition) is 1. The Labute approximate surface area is 182 Å². The van der Waals surface area contributed by atoms with Crippen molar-refractivity contribution in [1.82, 2.24) is 14.8 Å². The lowest BCUT2D eigenvalue weighted by molar-refractivity contribution is -0.113. The molecule has 31 heavy (non-hydrogen) atoms. The first-order valence-electron chi connectivity index (χ1n) is 9.44. The second-order valence-electron chi connectivity index (χ2n) is 6.67. The Balaban J connectivity index is 1.36. The number of thioether (sulfide) groups is 1. The molecule has 2 heterocycles. The van der Waals surface area contributed by atoms with Gasteiger partial charge < -0.3 is 24.1 Å². The van der Waals surface area contributed by atoms with Gasteiger partial charge in [0.15, 0.2) is 28.6 Å². The highest BCUT2D eigenvalue weighted by Crippen LogP contribution is 2.35. The number of para-hydroxylation sites is 2. The summed E-state index contributed by atoms with van der Waals surface area (Å²) in [5.74, 6) is 1.40. The van der Waals surface area contributed by atoms with Crippen LogP contribution in [-0.2, 0) is 16.6 Å². The van der Waals surface area contributed by atoms with Crippen LogP contribution in [0.25, 0.3) is 0 Å². The van der Waals surface area contributed by atoms with Gasteiger partial charge in [-0.2, -0.15) is 0 Å². The van der Waals surface area contributed by atoms with E-state index in [9.17, 15) is 9.59 Å². The van der Waals surface area contributed by atoms with Crippen LogP contribution < -0.4 is 14.8 Å². The Hall–Kier alpha value is -3.53. The minimum atomic E-state index is -0.464. The third-order valence-electron chi connectivity index (χ3n) is 4.56. The summed E-state index contributed by atoms with van der Waals surface area (Å²) in [5.41, 5.74) is 0.876. The Morgan fingerprint density at radius 3 is 2.81 bits per heavy atom. The third-order valence-corrected chi connectivity index (χ3v) is 5.59. The van der Waals surface area contributed by atoms with E-state index in [1.807, 2.05) is 31.3 Å². The van der Waals surface area contributed by atoms with Crippen molar-refractivity contribution in [3.8, 4) is 11.5 Å². The fraction of sp³-hybridized carbons (Fsp3) is 0.238. The van der Waals surface area contributed by atoms with E-state index in [2.05, 4.69) is 15.5 Å². The average molecular weight is 440 g/mol. The molecule has 160 valence electrons. The van der Waals surface area contributed by atoms with Crippen molar-refractivity contribution < 1.29 is 23.8 Å². The lowest BCUT2D eigenvalue weighted by Crippen LogP contribution is -2.24. The zero-order valence-electron chi connectivity index (χ0n) is 16.9. The predicted octanol–water partition coefficient (Wildman–Crippen LogP) is 2.85. The van der Waals surface area contributed by atoms with Gasteiger partial charge in [-0.15, -0.1) is 10.2 Å². The number of ether oxygens (including phenoxy) is 3. The van der Waals surface area contributed by atoms with Crippen LogP contribution >= 0.6 is 11.8 Å². The molecule has 1 aromatic heterocycles. The summed E-state index contributed by atoms with van der Waals surface area (Å²) in [6, 6.07) is 14.0. The molecule has 0 bridgehead atoms. The quantitative estimate of drug-likeness (QED) is 0.461. The molecule has 0 saturated heterocycles. The largest absolute Gasteiger partial charge is 0.485 e. The molecule has 4 rings (SSSR count). The Morgan fingerprint density at radius 1 is 1.19 bits per heavy atom. The van der Waals surface area contributed by atoms with E-state index in [1.165, 1.54) is 18.9 Å². The molecule has 0 radical (unpaired) electrons. The van der Waals surface area contributed by atoms with Crippen molar-refractivity contribution in [2.24, 2.45) is 7.05 Å². The van der Waals surface area contributed by atoms with E-state index < -0.39 is 12.1 Å². The molecule has 1 atom stereocenters. The smallest absolute Gasteiger partial charge is 0.337 e. The lowest BCUT2D eigenvalue weighted by atomic mass is 10.2. The van der Waals surface area contributed by atoms with E-state index in [-0.39, 0.29) is 11.7 Å². The summed E-state index contributed by atoms with van der Waals surface area (Å²) < 4.78 is 18.2. The van der Waals surface area contributed by atoms with Crippen LogP contribution in [0.4, 0.5) is 5.69 Å². The molecular weight excluding hydrogens is 420 g/mol. The van der Waals surface area contributed by atoms with Gasteiger partial charge >= 0.3 is 5.97 Å². The maximum Gasteiger partial charge on any atom is 0.337 e. The molecule has 0 aliphatic carbocycles. The minimum Gasteiger partial charge on any atom is -0.485 e. The number of amides is 1. The number of nitrogens with one attached hydrogen (secondary N) is 1. The molecule has 1 aliphatic heterocycles. The van der Waals surface area contributed by atoms with Crippen molar-refractivity contribution in [3.05, 3.63) is 59.9 Å². The molecule has 9 nitrogen and oxygen atoms in total. The van der Waals surface area contributed by atoms with Gasteiger partial charge in [0, 0.05) is 12.7 Å². The van der Waals surface area contributed by atoms with Crippen LogP contribution in [0.1, 0.15) is 22.3 Å². The Morgan fingerprint density at radius 2 is 2.00 bits per heavy atom. The zero-order chi connectivity index (χ0) is 21.8. The zero-order valence-corrected chi connectivity index (χ0v) is 17.7. The van der Waals surface area contributed by atoms with Crippen LogP contribution in [0.2, 0.25) is 0 Å². The van der Waals surface area contributed by atoms with Crippen molar-refractivity contribution >= 4 is 29.3 Å². The fourth-order valence-corrected chi connectivity index (χ4v) is 3.77. The first-order valence-corrected chi connectivity index (χ1v) is 10.4. The maximum atomic E-state index is 12.3. The number of rotatable bonds is 6. The molecule has 0 fully saturated rings. The first kappa shape index (κ1) is 20.7. The van der Waals surface area contributed by atoms with Crippen LogP contribution in [0, 0.1) is 0 Å². The second-order valence-corrected chi connectivity index (χ2v) is 7.62. The number of fused-ring (bicyclic) bond motifs is 1. The van der Waals surface area contributed by atoms with E-state index >= 15 is 0 Å². The van der Waals surface area contributed by atoms with Gasteiger partial charge in [-0.3, -0.25) is 4.79 Å². The van der Waals surface area contributed by atoms with Crippen molar-refractivity contribution in [3.63, 3.8) is 0 Å². The molecule has 0 saturated carbocycles. The number of benzene rings is 2. The normalized spacial score (nSPS) is 14.7. The van der Waals surface area contributed by atoms with E-state index in [1.54, 1.807) is 28.8 Å². The number of hydrogen-bond acceptors (Lipinski definition) is 8. The van der Waals surface area contributed by atoms with Gasteiger partial charge in [0.2, 0.25) is 5.91 Å². The third kappa shape index (κ3) is 4.64. The lowest BCUT2D eigenvalue weighted by Gasteiger charge is -2.25. The Bertz CT molecular complexity index is 1120. The standard InChI is InChI=1S/C21H20N4O5S/c1-25-19(17-11-29-15-8-3-4-9-16(15)30-17)23-24-21(25)31-12-18(26)22-14-7-5-6-13(10-14)20(27)28-2/h3-10,17H,11-12H2,1-2H3,(H,22,26). The van der Waals surface area contributed by atoms with E-state index in [0.29, 0.717) is 40.3 Å². The van der Waals surface area contributed by atoms with Crippen molar-refractivity contribution in [2.75, 3.05) is 24.8 Å². The second kappa shape index (κ2) is 9.09. The highest BCUT2D eigenvalue weighted by molar-refractivity contribution is 7.99. The summed E-state index contributed by atoms with van der Waals surface area (Å²) >= 11 is 1.25. The number of nitrogens with zero attached hydrogens (tertiary/aromatic N) is 3. The predicted molar refractivity (Wildman–Crippen MR) is 113 cm³/mol. The van der Waals surface area contributed by atoms with E-state index in [4.69, 9.17) is 14.2 Å². The topological polar surface area (TPSA) is 105 Å². The first-order chi connectivity index (χ1) is 15.0. The Kier molecular flexibility index (Phi) is 6.08. The number of esters is 1. The minimum absolute atomic E-state index is 0.124. The van der Waals surface area contributed by atoms with Crippen LogP contribution in [0.15, 0.2) is 53.7 Å². The van der Waals surface area contributed by atoms with Crippen LogP contribution in [0.3, 0.4) is 0 Å². The monoisotopic (exact) mass is 440 g/mol. The summed E-state index contributed by atoms with van der Waals surface area (Å²) in [6.07, 6.45) is -0.392. The summed E-state index contributed by atoms with van der Waals surface area (Å²) in [7, 11) is 3.13. The van der Waals surface area contributed by atoms with Gasteiger partial charge in [0.1, 0.15) is 6.61 Å². The highest BCUT2D eigenvalue weighted by atomic mass is 32.2. The molecule has 2 aromatic carbocycles. The number of anilines is 1. The van der Waals surface area contributed by atoms with Gasteiger partial charge in [-0.1, -0.05) is 30.0 Å². The molecule has 1 unspecified atom stereocenters. The van der Waals surface area contributed by atoms with Crippen LogP contribution in [-0.4, -0.2) is 46.1 Å². The fourth-order valence-electron chi connectivity index (χ4n) is 3.05. The van der Waals surface area contributed by atoms with E-state index in [0.717, 1.165) is 0 Å². The molecular formula is C21H20N4O5S.